The van der Waals surface area contributed by atoms with Crippen molar-refractivity contribution in [3.8, 4) is 11.5 Å². The molecule has 3 rings (SSSR count). The van der Waals surface area contributed by atoms with Crippen LogP contribution in [-0.4, -0.2) is 31.7 Å². The third-order valence-corrected chi connectivity index (χ3v) is 3.86. The fraction of sp³-hybridized carbons (Fsp3) is 0.263. The summed E-state index contributed by atoms with van der Waals surface area (Å²) in [5, 5.41) is 2.69. The van der Waals surface area contributed by atoms with Crippen molar-refractivity contribution in [2.75, 3.05) is 19.8 Å². The van der Waals surface area contributed by atoms with Gasteiger partial charge >= 0.3 is 5.97 Å². The quantitative estimate of drug-likeness (QED) is 0.831. The molecule has 0 saturated carbocycles. The molecule has 1 amide bonds. The van der Waals surface area contributed by atoms with Crippen molar-refractivity contribution in [2.45, 2.75) is 13.0 Å². The second-order valence-electron chi connectivity index (χ2n) is 5.78. The number of esters is 1. The minimum Gasteiger partial charge on any atom is -0.486 e. The summed E-state index contributed by atoms with van der Waals surface area (Å²) < 4.78 is 28.8. The summed E-state index contributed by atoms with van der Waals surface area (Å²) in [5.74, 6) is -0.390. The molecule has 0 saturated heterocycles. The Morgan fingerprint density at radius 2 is 1.81 bits per heavy atom. The molecule has 2 aromatic rings. The number of hydrogen-bond acceptors (Lipinski definition) is 5. The van der Waals surface area contributed by atoms with Crippen LogP contribution >= 0.6 is 0 Å². The monoisotopic (exact) mass is 359 g/mol. The van der Waals surface area contributed by atoms with E-state index >= 15 is 0 Å². The van der Waals surface area contributed by atoms with Crippen LogP contribution in [0.3, 0.4) is 0 Å². The van der Waals surface area contributed by atoms with Gasteiger partial charge in [-0.1, -0.05) is 12.1 Å². The van der Waals surface area contributed by atoms with Crippen molar-refractivity contribution in [1.82, 2.24) is 5.32 Å². The maximum Gasteiger partial charge on any atom is 0.338 e. The molecule has 1 N–H and O–H groups in total. The summed E-state index contributed by atoms with van der Waals surface area (Å²) in [5.41, 5.74) is 1.02. The van der Waals surface area contributed by atoms with E-state index < -0.39 is 18.5 Å². The molecule has 0 spiro atoms. The van der Waals surface area contributed by atoms with Crippen molar-refractivity contribution in [2.24, 2.45) is 0 Å². The molecule has 0 aliphatic carbocycles. The Balaban J connectivity index is 1.52. The van der Waals surface area contributed by atoms with Crippen LogP contribution in [0.4, 0.5) is 4.39 Å². The average molecular weight is 359 g/mol. The third kappa shape index (κ3) is 4.30. The fourth-order valence-electron chi connectivity index (χ4n) is 2.50. The first kappa shape index (κ1) is 17.7. The molecule has 0 unspecified atom stereocenters. The van der Waals surface area contributed by atoms with E-state index in [1.54, 1.807) is 31.2 Å². The highest BCUT2D eigenvalue weighted by Gasteiger charge is 2.17. The molecule has 7 heteroatoms. The molecule has 6 nitrogen and oxygen atoms in total. The van der Waals surface area contributed by atoms with Gasteiger partial charge in [-0.25, -0.2) is 9.18 Å². The van der Waals surface area contributed by atoms with Gasteiger partial charge in [0.25, 0.3) is 5.91 Å². The van der Waals surface area contributed by atoms with Crippen LogP contribution in [0.15, 0.2) is 42.5 Å². The Morgan fingerprint density at radius 3 is 2.54 bits per heavy atom. The van der Waals surface area contributed by atoms with E-state index in [1.165, 1.54) is 18.2 Å². The lowest BCUT2D eigenvalue weighted by molar-refractivity contribution is -0.124. The number of carbonyl (C=O) groups is 2. The van der Waals surface area contributed by atoms with E-state index in [-0.39, 0.29) is 17.4 Å². The summed E-state index contributed by atoms with van der Waals surface area (Å²) in [6.07, 6.45) is 0. The van der Waals surface area contributed by atoms with Gasteiger partial charge in [0.15, 0.2) is 18.1 Å². The number of hydrogen-bond donors (Lipinski definition) is 1. The maximum atomic E-state index is 12.9. The van der Waals surface area contributed by atoms with Crippen LogP contribution in [0, 0.1) is 5.82 Å². The van der Waals surface area contributed by atoms with Gasteiger partial charge in [-0.2, -0.15) is 0 Å². The van der Waals surface area contributed by atoms with Crippen molar-refractivity contribution in [3.05, 3.63) is 59.4 Å². The molecule has 0 aromatic heterocycles. The van der Waals surface area contributed by atoms with Gasteiger partial charge in [-0.15, -0.1) is 0 Å². The molecule has 1 aliphatic rings. The van der Waals surface area contributed by atoms with E-state index in [0.29, 0.717) is 24.7 Å². The second-order valence-corrected chi connectivity index (χ2v) is 5.78. The van der Waals surface area contributed by atoms with Crippen molar-refractivity contribution >= 4 is 11.9 Å². The Kier molecular flexibility index (Phi) is 5.36. The summed E-state index contributed by atoms with van der Waals surface area (Å²) in [6, 6.07) is 10.2. The van der Waals surface area contributed by atoms with Gasteiger partial charge < -0.3 is 19.5 Å². The van der Waals surface area contributed by atoms with Gasteiger partial charge in [0.1, 0.15) is 19.0 Å². The Morgan fingerprint density at radius 1 is 1.12 bits per heavy atom. The lowest BCUT2D eigenvalue weighted by Gasteiger charge is -2.18. The van der Waals surface area contributed by atoms with Crippen LogP contribution in [0.5, 0.6) is 11.5 Å². The van der Waals surface area contributed by atoms with E-state index in [0.717, 1.165) is 5.56 Å². The summed E-state index contributed by atoms with van der Waals surface area (Å²) >= 11 is 0. The van der Waals surface area contributed by atoms with Crippen LogP contribution in [0.25, 0.3) is 0 Å². The molecule has 2 aromatic carbocycles. The summed E-state index contributed by atoms with van der Waals surface area (Å²) in [6.45, 7) is 2.21. The standard InChI is InChI=1S/C19H18FNO5/c1-12(13-2-5-15(20)6-3-13)21-18(22)11-26-19(23)14-4-7-16-17(10-14)25-9-8-24-16/h2-7,10,12H,8-9,11H2,1H3,(H,21,22)/t12-/m0/s1. The smallest absolute Gasteiger partial charge is 0.338 e. The number of amides is 1. The fourth-order valence-corrected chi connectivity index (χ4v) is 2.50. The van der Waals surface area contributed by atoms with Crippen LogP contribution < -0.4 is 14.8 Å². The Hall–Kier alpha value is -3.09. The molecule has 1 aliphatic heterocycles. The van der Waals surface area contributed by atoms with Crippen LogP contribution in [-0.2, 0) is 9.53 Å². The summed E-state index contributed by atoms with van der Waals surface area (Å²) in [7, 11) is 0. The number of carbonyl (C=O) groups excluding carboxylic acids is 2. The molecule has 136 valence electrons. The summed E-state index contributed by atoms with van der Waals surface area (Å²) in [4.78, 5) is 24.0. The minimum absolute atomic E-state index is 0.272. The van der Waals surface area contributed by atoms with E-state index in [4.69, 9.17) is 14.2 Å². The average Bonchev–Trinajstić information content (AvgIpc) is 2.66. The zero-order valence-electron chi connectivity index (χ0n) is 14.2. The Labute approximate surface area is 149 Å². The van der Waals surface area contributed by atoms with Crippen LogP contribution in [0.1, 0.15) is 28.9 Å². The molecule has 1 heterocycles. The molecular weight excluding hydrogens is 341 g/mol. The Bertz CT molecular complexity index is 806. The number of nitrogens with one attached hydrogen (secondary N) is 1. The molecule has 0 fully saturated rings. The maximum absolute atomic E-state index is 12.9. The SMILES string of the molecule is C[C@H](NC(=O)COC(=O)c1ccc2c(c1)OCCO2)c1ccc(F)cc1. The second kappa shape index (κ2) is 7.86. The zero-order chi connectivity index (χ0) is 18.5. The van der Waals surface area contributed by atoms with Crippen molar-refractivity contribution in [3.63, 3.8) is 0 Å². The predicted octanol–water partition coefficient (Wildman–Crippen LogP) is 2.63. The number of benzene rings is 2. The van der Waals surface area contributed by atoms with E-state index in [1.807, 2.05) is 0 Å². The number of ether oxygens (including phenoxy) is 3. The topological polar surface area (TPSA) is 73.9 Å². The highest BCUT2D eigenvalue weighted by Crippen LogP contribution is 2.30. The van der Waals surface area contributed by atoms with Crippen molar-refractivity contribution < 1.29 is 28.2 Å². The lowest BCUT2D eigenvalue weighted by Crippen LogP contribution is -2.31. The predicted molar refractivity (Wildman–Crippen MR) is 90.7 cm³/mol. The van der Waals surface area contributed by atoms with Gasteiger partial charge in [0.2, 0.25) is 0 Å². The third-order valence-electron chi connectivity index (χ3n) is 3.86. The van der Waals surface area contributed by atoms with E-state index in [2.05, 4.69) is 5.32 Å². The highest BCUT2D eigenvalue weighted by molar-refractivity contribution is 5.92. The number of fused-ring (bicyclic) bond motifs is 1. The molecule has 0 bridgehead atoms. The number of halogens is 1. The van der Waals surface area contributed by atoms with Crippen molar-refractivity contribution in [1.29, 1.82) is 0 Å². The van der Waals surface area contributed by atoms with E-state index in [9.17, 15) is 14.0 Å². The first-order chi connectivity index (χ1) is 12.5. The molecule has 26 heavy (non-hydrogen) atoms. The normalized spacial score (nSPS) is 13.6. The molecule has 0 radical (unpaired) electrons. The first-order valence-corrected chi connectivity index (χ1v) is 8.14. The minimum atomic E-state index is -0.633. The van der Waals surface area contributed by atoms with Gasteiger partial charge in [-0.05, 0) is 42.8 Å². The van der Waals surface area contributed by atoms with Gasteiger partial charge in [0.05, 0.1) is 11.6 Å². The number of rotatable bonds is 5. The van der Waals surface area contributed by atoms with Crippen LogP contribution in [0.2, 0.25) is 0 Å². The lowest BCUT2D eigenvalue weighted by atomic mass is 10.1. The van der Waals surface area contributed by atoms with Gasteiger partial charge in [0, 0.05) is 0 Å². The zero-order valence-corrected chi connectivity index (χ0v) is 14.2. The molecule has 1 atom stereocenters. The first-order valence-electron chi connectivity index (χ1n) is 8.14. The molecular formula is C19H18FNO5. The highest BCUT2D eigenvalue weighted by atomic mass is 19.1. The largest absolute Gasteiger partial charge is 0.486 e. The van der Waals surface area contributed by atoms with Gasteiger partial charge in [-0.3, -0.25) is 4.79 Å².